The Hall–Kier alpha value is -2.19. The molecule has 3 N–H and O–H groups in total. The van der Waals surface area contributed by atoms with Gasteiger partial charge in [0.1, 0.15) is 9.90 Å². The predicted molar refractivity (Wildman–Crippen MR) is 95.1 cm³/mol. The Labute approximate surface area is 165 Å². The van der Waals surface area contributed by atoms with Crippen LogP contribution in [0.15, 0.2) is 14.8 Å². The van der Waals surface area contributed by atoms with Crippen molar-refractivity contribution in [2.75, 3.05) is 5.32 Å². The van der Waals surface area contributed by atoms with E-state index in [2.05, 4.69) is 19.6 Å². The lowest BCUT2D eigenvalue weighted by molar-refractivity contribution is -0.141. The molecule has 2 aromatic heterocycles. The van der Waals surface area contributed by atoms with Crippen molar-refractivity contribution in [1.29, 1.82) is 0 Å². The fourth-order valence-corrected chi connectivity index (χ4v) is 4.87. The summed E-state index contributed by atoms with van der Waals surface area (Å²) in [5.41, 5.74) is -0.883. The van der Waals surface area contributed by atoms with Gasteiger partial charge in [-0.2, -0.15) is 13.2 Å². The van der Waals surface area contributed by atoms with E-state index in [-0.39, 0.29) is 21.2 Å². The summed E-state index contributed by atoms with van der Waals surface area (Å²) in [4.78, 5) is 19.3. The number of nitrogens with one attached hydrogen (secondary N) is 1. The van der Waals surface area contributed by atoms with Crippen LogP contribution in [0.5, 0.6) is 0 Å². The quantitative estimate of drug-likeness (QED) is 0.675. The standard InChI is InChI=1S/C15H14F5N5O2S2/c1-6-10(7-3-2-4-8(7)23-11(6)15(18,19)20)24-14(26)25-29(21,27)9-5-22-13(28-9)12(16)17/h5,12H,2-4H2,1H3,(H3,21,23,24,25,26,27). The third kappa shape index (κ3) is 4.38. The first-order chi connectivity index (χ1) is 13.4. The minimum absolute atomic E-state index is 0.110. The van der Waals surface area contributed by atoms with E-state index in [0.29, 0.717) is 36.2 Å². The second-order valence-electron chi connectivity index (χ2n) is 6.15. The number of carbonyl (C=O) groups is 1. The van der Waals surface area contributed by atoms with Crippen LogP contribution in [0.4, 0.5) is 32.4 Å². The summed E-state index contributed by atoms with van der Waals surface area (Å²) in [7, 11) is -3.91. The van der Waals surface area contributed by atoms with E-state index in [1.54, 1.807) is 0 Å². The van der Waals surface area contributed by atoms with Crippen LogP contribution in [0, 0.1) is 6.92 Å². The Morgan fingerprint density at radius 1 is 1.38 bits per heavy atom. The number of nitrogens with zero attached hydrogens (tertiary/aromatic N) is 3. The lowest BCUT2D eigenvalue weighted by Crippen LogP contribution is -2.20. The minimum atomic E-state index is -4.73. The minimum Gasteiger partial charge on any atom is -0.305 e. The molecule has 2 aromatic rings. The highest BCUT2D eigenvalue weighted by Gasteiger charge is 2.37. The zero-order valence-corrected chi connectivity index (χ0v) is 16.4. The fraction of sp³-hybridized carbons (Fsp3) is 0.400. The second kappa shape index (κ2) is 7.57. The number of pyridine rings is 1. The molecule has 1 aliphatic rings. The summed E-state index contributed by atoms with van der Waals surface area (Å²) in [6.45, 7) is 1.15. The van der Waals surface area contributed by atoms with Gasteiger partial charge in [-0.05, 0) is 31.7 Å². The third-order valence-electron chi connectivity index (χ3n) is 4.16. The van der Waals surface area contributed by atoms with Crippen molar-refractivity contribution in [2.45, 2.75) is 43.0 Å². The summed E-state index contributed by atoms with van der Waals surface area (Å²) in [6, 6.07) is -1.26. The number of fused-ring (bicyclic) bond motifs is 1. The normalized spacial score (nSPS) is 15.9. The predicted octanol–water partition coefficient (Wildman–Crippen LogP) is 4.22. The van der Waals surface area contributed by atoms with Gasteiger partial charge in [0.15, 0.2) is 14.9 Å². The molecule has 29 heavy (non-hydrogen) atoms. The van der Waals surface area contributed by atoms with Crippen LogP contribution < -0.4 is 10.5 Å². The number of alkyl halides is 5. The van der Waals surface area contributed by atoms with E-state index >= 15 is 0 Å². The van der Waals surface area contributed by atoms with Gasteiger partial charge in [0, 0.05) is 11.3 Å². The number of rotatable bonds is 3. The molecule has 1 unspecified atom stereocenters. The number of hydrogen-bond donors (Lipinski definition) is 2. The van der Waals surface area contributed by atoms with Gasteiger partial charge >= 0.3 is 12.2 Å². The summed E-state index contributed by atoms with van der Waals surface area (Å²) in [5, 5.41) is 7.05. The van der Waals surface area contributed by atoms with Crippen molar-refractivity contribution in [3.8, 4) is 0 Å². The molecule has 14 heteroatoms. The number of aryl methyl sites for hydroxylation is 1. The molecule has 3 rings (SSSR count). The molecule has 158 valence electrons. The SMILES string of the molecule is Cc1c(C(F)(F)F)nc2c(c1NC(=O)N=S(N)(=O)c1cnc(C(F)F)s1)CCC2. The van der Waals surface area contributed by atoms with Crippen LogP contribution in [-0.4, -0.2) is 20.2 Å². The molecule has 7 nitrogen and oxygen atoms in total. The number of thiazole rings is 1. The molecule has 0 fully saturated rings. The molecule has 1 atom stereocenters. The maximum Gasteiger partial charge on any atom is 0.433 e. The Bertz CT molecular complexity index is 1090. The van der Waals surface area contributed by atoms with Crippen LogP contribution in [0.3, 0.4) is 0 Å². The van der Waals surface area contributed by atoms with Crippen molar-refractivity contribution < 1.29 is 31.0 Å². The van der Waals surface area contributed by atoms with Crippen molar-refractivity contribution >= 4 is 33.0 Å². The zero-order valence-electron chi connectivity index (χ0n) is 14.7. The van der Waals surface area contributed by atoms with Crippen molar-refractivity contribution in [3.05, 3.63) is 33.7 Å². The van der Waals surface area contributed by atoms with Gasteiger partial charge in [0.25, 0.3) is 6.43 Å². The highest BCUT2D eigenvalue weighted by Crippen LogP contribution is 2.39. The Kier molecular flexibility index (Phi) is 5.62. The first-order valence-electron chi connectivity index (χ1n) is 8.09. The van der Waals surface area contributed by atoms with Gasteiger partial charge < -0.3 is 5.32 Å². The van der Waals surface area contributed by atoms with Crippen LogP contribution in [0.25, 0.3) is 0 Å². The number of amides is 2. The van der Waals surface area contributed by atoms with Gasteiger partial charge in [-0.1, -0.05) is 0 Å². The number of carbonyl (C=O) groups excluding carboxylic acids is 1. The van der Waals surface area contributed by atoms with E-state index in [9.17, 15) is 31.0 Å². The van der Waals surface area contributed by atoms with E-state index in [1.165, 1.54) is 0 Å². The van der Waals surface area contributed by atoms with Crippen molar-refractivity contribution in [3.63, 3.8) is 0 Å². The highest BCUT2D eigenvalue weighted by molar-refractivity contribution is 7.93. The van der Waals surface area contributed by atoms with Crippen molar-refractivity contribution in [1.82, 2.24) is 9.97 Å². The Morgan fingerprint density at radius 2 is 2.07 bits per heavy atom. The first kappa shape index (κ1) is 21.5. The number of urea groups is 1. The average Bonchev–Trinajstić information content (AvgIpc) is 3.24. The molecule has 0 aromatic carbocycles. The lowest BCUT2D eigenvalue weighted by Gasteiger charge is -2.17. The molecule has 0 radical (unpaired) electrons. The van der Waals surface area contributed by atoms with Gasteiger partial charge in [-0.25, -0.2) is 32.9 Å². The highest BCUT2D eigenvalue weighted by atomic mass is 32.2. The topological polar surface area (TPSA) is 110 Å². The molecular weight excluding hydrogens is 441 g/mol. The maximum absolute atomic E-state index is 13.3. The Morgan fingerprint density at radius 3 is 2.66 bits per heavy atom. The third-order valence-corrected chi connectivity index (χ3v) is 7.05. The van der Waals surface area contributed by atoms with E-state index < -0.39 is 39.2 Å². The zero-order chi connectivity index (χ0) is 21.6. The van der Waals surface area contributed by atoms with E-state index in [0.717, 1.165) is 13.1 Å². The second-order valence-corrected chi connectivity index (χ2v) is 9.23. The van der Waals surface area contributed by atoms with Crippen LogP contribution >= 0.6 is 11.3 Å². The number of nitrogens with two attached hydrogens (primary N) is 1. The molecule has 0 saturated heterocycles. The van der Waals surface area contributed by atoms with E-state index in [1.807, 2.05) is 0 Å². The van der Waals surface area contributed by atoms with Gasteiger partial charge in [-0.15, -0.1) is 15.7 Å². The van der Waals surface area contributed by atoms with Gasteiger partial charge in [-0.3, -0.25) is 0 Å². The van der Waals surface area contributed by atoms with Crippen LogP contribution in [-0.2, 0) is 28.9 Å². The lowest BCUT2D eigenvalue weighted by atomic mass is 10.1. The van der Waals surface area contributed by atoms with Crippen LogP contribution in [0.1, 0.15) is 40.4 Å². The summed E-state index contributed by atoms with van der Waals surface area (Å²) in [6.07, 6.45) is -5.53. The molecule has 0 spiro atoms. The summed E-state index contributed by atoms with van der Waals surface area (Å²) < 4.78 is 80.4. The molecule has 0 bridgehead atoms. The smallest absolute Gasteiger partial charge is 0.305 e. The largest absolute Gasteiger partial charge is 0.433 e. The fourth-order valence-electron chi connectivity index (χ4n) is 2.94. The molecule has 2 heterocycles. The summed E-state index contributed by atoms with van der Waals surface area (Å²) >= 11 is 0.331. The monoisotopic (exact) mass is 455 g/mol. The van der Waals surface area contributed by atoms with Gasteiger partial charge in [0.2, 0.25) is 0 Å². The Balaban J connectivity index is 1.97. The van der Waals surface area contributed by atoms with Gasteiger partial charge in [0.05, 0.1) is 11.9 Å². The number of anilines is 1. The molecule has 2 amide bonds. The molecule has 0 saturated carbocycles. The van der Waals surface area contributed by atoms with Crippen molar-refractivity contribution in [2.24, 2.45) is 9.50 Å². The average molecular weight is 455 g/mol. The summed E-state index contributed by atoms with van der Waals surface area (Å²) in [5.74, 6) is 0. The van der Waals surface area contributed by atoms with E-state index in [4.69, 9.17) is 5.14 Å². The molecular formula is C15H14F5N5O2S2. The number of hydrogen-bond acceptors (Lipinski definition) is 5. The number of aromatic nitrogens is 2. The van der Waals surface area contributed by atoms with Crippen LogP contribution in [0.2, 0.25) is 0 Å². The maximum atomic E-state index is 13.3. The number of halogens is 5. The molecule has 0 aliphatic heterocycles. The molecule has 1 aliphatic carbocycles. The first-order valence-corrected chi connectivity index (χ1v) is 10.5.